The third-order valence-corrected chi connectivity index (χ3v) is 4.04. The maximum Gasteiger partial charge on any atom is 0.255 e. The lowest BCUT2D eigenvalue weighted by Gasteiger charge is -2.20. The van der Waals surface area contributed by atoms with Gasteiger partial charge in [0.25, 0.3) is 5.91 Å². The average molecular weight is 475 g/mol. The predicted octanol–water partition coefficient (Wildman–Crippen LogP) is 2.35. The van der Waals surface area contributed by atoms with E-state index in [0.717, 1.165) is 3.57 Å². The van der Waals surface area contributed by atoms with Crippen molar-refractivity contribution in [1.29, 1.82) is 0 Å². The summed E-state index contributed by atoms with van der Waals surface area (Å²) in [7, 11) is 0. The molecule has 6 heteroatoms. The highest BCUT2D eigenvalue weighted by molar-refractivity contribution is 14.1. The lowest BCUT2D eigenvalue weighted by Crippen LogP contribution is -2.41. The third kappa shape index (κ3) is 3.95. The number of amides is 1. The summed E-state index contributed by atoms with van der Waals surface area (Å²) in [6.07, 6.45) is 0. The van der Waals surface area contributed by atoms with E-state index in [-0.39, 0.29) is 35.8 Å². The zero-order valence-corrected chi connectivity index (χ0v) is 14.4. The highest BCUT2D eigenvalue weighted by Crippen LogP contribution is 2.27. The molecule has 0 saturated carbocycles. The Labute approximate surface area is 133 Å². The van der Waals surface area contributed by atoms with Gasteiger partial charge in [-0.1, -0.05) is 13.8 Å². The van der Waals surface area contributed by atoms with Gasteiger partial charge < -0.3 is 15.5 Å². The Morgan fingerprint density at radius 2 is 2.00 bits per heavy atom. The molecule has 0 aliphatic rings. The van der Waals surface area contributed by atoms with Crippen molar-refractivity contribution in [2.75, 3.05) is 6.61 Å². The number of nitrogens with one attached hydrogen (secondary N) is 1. The van der Waals surface area contributed by atoms with Crippen LogP contribution in [0.15, 0.2) is 12.1 Å². The quantitative estimate of drug-likeness (QED) is 0.587. The summed E-state index contributed by atoms with van der Waals surface area (Å²) >= 11 is 4.07. The van der Waals surface area contributed by atoms with E-state index < -0.39 is 0 Å². The minimum Gasteiger partial charge on any atom is -0.506 e. The lowest BCUT2D eigenvalue weighted by molar-refractivity contribution is 0.0894. The van der Waals surface area contributed by atoms with Crippen molar-refractivity contribution >= 4 is 51.1 Å². The number of halogens is 2. The molecule has 0 heterocycles. The first-order valence-electron chi connectivity index (χ1n) is 5.46. The van der Waals surface area contributed by atoms with Gasteiger partial charge in [-0.15, -0.1) is 0 Å². The van der Waals surface area contributed by atoms with E-state index in [9.17, 15) is 15.0 Å². The number of aliphatic hydroxyl groups excluding tert-OH is 1. The number of rotatable bonds is 4. The standard InChI is InChI=1S/C12H15I2NO3/c1-6(2)10(5-16)15-12(18)8-3-7(13)4-9(14)11(8)17/h3-4,6,10,16-17H,5H2,1-2H3,(H,15,18)/t10-/m1/s1. The Kier molecular flexibility index (Phi) is 6.12. The smallest absolute Gasteiger partial charge is 0.255 e. The van der Waals surface area contributed by atoms with Crippen LogP contribution in [-0.2, 0) is 0 Å². The van der Waals surface area contributed by atoms with E-state index >= 15 is 0 Å². The average Bonchev–Trinajstić information content (AvgIpc) is 2.29. The van der Waals surface area contributed by atoms with Gasteiger partial charge >= 0.3 is 0 Å². The summed E-state index contributed by atoms with van der Waals surface area (Å²) in [6.45, 7) is 3.71. The van der Waals surface area contributed by atoms with Crippen LogP contribution < -0.4 is 5.32 Å². The molecule has 0 bridgehead atoms. The normalized spacial score (nSPS) is 12.6. The van der Waals surface area contributed by atoms with E-state index in [0.29, 0.717) is 3.57 Å². The van der Waals surface area contributed by atoms with E-state index in [1.807, 2.05) is 36.4 Å². The van der Waals surface area contributed by atoms with Gasteiger partial charge in [0.2, 0.25) is 0 Å². The van der Waals surface area contributed by atoms with Crippen LogP contribution in [0.25, 0.3) is 0 Å². The van der Waals surface area contributed by atoms with Gasteiger partial charge in [0, 0.05) is 3.57 Å². The molecule has 0 aromatic heterocycles. The molecular weight excluding hydrogens is 460 g/mol. The summed E-state index contributed by atoms with van der Waals surface area (Å²) in [5.74, 6) is -0.256. The van der Waals surface area contributed by atoms with E-state index in [4.69, 9.17) is 0 Å². The van der Waals surface area contributed by atoms with Gasteiger partial charge in [-0.3, -0.25) is 4.79 Å². The summed E-state index contributed by atoms with van der Waals surface area (Å²) in [5.41, 5.74) is 0.241. The molecule has 1 rings (SSSR count). The zero-order valence-electron chi connectivity index (χ0n) is 10.1. The molecule has 0 aliphatic heterocycles. The van der Waals surface area contributed by atoms with Crippen LogP contribution in [-0.4, -0.2) is 28.8 Å². The van der Waals surface area contributed by atoms with Crippen molar-refractivity contribution < 1.29 is 15.0 Å². The second kappa shape index (κ2) is 6.90. The van der Waals surface area contributed by atoms with Gasteiger partial charge in [0.1, 0.15) is 5.75 Å². The highest BCUT2D eigenvalue weighted by atomic mass is 127. The second-order valence-electron chi connectivity index (χ2n) is 4.29. The van der Waals surface area contributed by atoms with Gasteiger partial charge in [-0.05, 0) is 63.2 Å². The number of phenolic OH excluding ortho intramolecular Hbond substituents is 1. The number of phenols is 1. The molecule has 1 aromatic rings. The molecule has 0 unspecified atom stereocenters. The molecule has 0 aliphatic carbocycles. The number of aromatic hydroxyl groups is 1. The van der Waals surface area contributed by atoms with Crippen LogP contribution in [0.2, 0.25) is 0 Å². The van der Waals surface area contributed by atoms with Crippen molar-refractivity contribution in [2.24, 2.45) is 5.92 Å². The van der Waals surface area contributed by atoms with Crippen molar-refractivity contribution in [2.45, 2.75) is 19.9 Å². The molecule has 0 radical (unpaired) electrons. The molecule has 0 fully saturated rings. The fraction of sp³-hybridized carbons (Fsp3) is 0.417. The Morgan fingerprint density at radius 1 is 1.39 bits per heavy atom. The maximum absolute atomic E-state index is 12.1. The van der Waals surface area contributed by atoms with Crippen LogP contribution in [0.3, 0.4) is 0 Å². The maximum atomic E-state index is 12.1. The highest BCUT2D eigenvalue weighted by Gasteiger charge is 2.20. The first-order chi connectivity index (χ1) is 8.36. The monoisotopic (exact) mass is 475 g/mol. The molecule has 1 atom stereocenters. The summed E-state index contributed by atoms with van der Waals surface area (Å²) in [4.78, 5) is 12.1. The number of hydrogen-bond donors (Lipinski definition) is 3. The molecule has 1 amide bonds. The molecule has 4 nitrogen and oxygen atoms in total. The lowest BCUT2D eigenvalue weighted by atomic mass is 10.0. The van der Waals surface area contributed by atoms with Gasteiger partial charge in [-0.2, -0.15) is 0 Å². The van der Waals surface area contributed by atoms with Gasteiger partial charge in [-0.25, -0.2) is 0 Å². The summed E-state index contributed by atoms with van der Waals surface area (Å²) in [6, 6.07) is 3.11. The van der Waals surface area contributed by atoms with Gasteiger partial charge in [0.05, 0.1) is 21.8 Å². The SMILES string of the molecule is CC(C)[C@@H](CO)NC(=O)c1cc(I)cc(I)c1O. The van der Waals surface area contributed by atoms with E-state index in [1.54, 1.807) is 12.1 Å². The van der Waals surface area contributed by atoms with Crippen LogP contribution >= 0.6 is 45.2 Å². The van der Waals surface area contributed by atoms with Crippen LogP contribution in [0, 0.1) is 13.1 Å². The molecule has 0 saturated heterocycles. The fourth-order valence-electron chi connectivity index (χ4n) is 1.41. The third-order valence-electron chi connectivity index (χ3n) is 2.59. The van der Waals surface area contributed by atoms with Crippen molar-refractivity contribution in [3.05, 3.63) is 24.8 Å². The second-order valence-corrected chi connectivity index (χ2v) is 6.70. The van der Waals surface area contributed by atoms with Crippen LogP contribution in [0.5, 0.6) is 5.75 Å². The Balaban J connectivity index is 2.97. The molecule has 100 valence electrons. The Hall–Kier alpha value is -0.0900. The van der Waals surface area contributed by atoms with Crippen molar-refractivity contribution in [3.63, 3.8) is 0 Å². The van der Waals surface area contributed by atoms with Crippen LogP contribution in [0.4, 0.5) is 0 Å². The Bertz CT molecular complexity index is 449. The van der Waals surface area contributed by atoms with E-state index in [2.05, 4.69) is 27.9 Å². The first kappa shape index (κ1) is 16.0. The largest absolute Gasteiger partial charge is 0.506 e. The van der Waals surface area contributed by atoms with Crippen molar-refractivity contribution in [3.8, 4) is 5.75 Å². The number of benzene rings is 1. The molecule has 0 spiro atoms. The molecular formula is C12H15I2NO3. The molecule has 1 aromatic carbocycles. The van der Waals surface area contributed by atoms with Crippen LogP contribution in [0.1, 0.15) is 24.2 Å². The first-order valence-corrected chi connectivity index (χ1v) is 7.62. The summed E-state index contributed by atoms with van der Waals surface area (Å²) < 4.78 is 1.51. The number of carbonyl (C=O) groups is 1. The minimum atomic E-state index is -0.364. The number of aliphatic hydroxyl groups is 1. The number of hydrogen-bond acceptors (Lipinski definition) is 3. The number of carbonyl (C=O) groups excluding carboxylic acids is 1. The Morgan fingerprint density at radius 3 is 2.50 bits per heavy atom. The summed E-state index contributed by atoms with van der Waals surface area (Å²) in [5, 5.41) is 21.8. The molecule has 3 N–H and O–H groups in total. The minimum absolute atomic E-state index is 0.0195. The predicted molar refractivity (Wildman–Crippen MR) is 86.7 cm³/mol. The van der Waals surface area contributed by atoms with Gasteiger partial charge in [0.15, 0.2) is 0 Å². The van der Waals surface area contributed by atoms with E-state index in [1.165, 1.54) is 0 Å². The van der Waals surface area contributed by atoms with Crippen molar-refractivity contribution in [1.82, 2.24) is 5.32 Å². The fourth-order valence-corrected chi connectivity index (χ4v) is 3.25. The topological polar surface area (TPSA) is 69.6 Å². The molecule has 18 heavy (non-hydrogen) atoms. The zero-order chi connectivity index (χ0) is 13.9.